The van der Waals surface area contributed by atoms with Crippen LogP contribution in [0.3, 0.4) is 0 Å². The fraction of sp³-hybridized carbons (Fsp3) is 0.190. The van der Waals surface area contributed by atoms with Gasteiger partial charge in [-0.25, -0.2) is 19.3 Å². The fourth-order valence-electron chi connectivity index (χ4n) is 2.97. The minimum Gasteiger partial charge on any atom is -0.379 e. The predicted molar refractivity (Wildman–Crippen MR) is 115 cm³/mol. The molecule has 4 aromatic rings. The lowest BCUT2D eigenvalue weighted by atomic mass is 10.2. The molecule has 0 fully saturated rings. The van der Waals surface area contributed by atoms with Crippen LogP contribution in [0.1, 0.15) is 21.8 Å². The fourth-order valence-corrected chi connectivity index (χ4v) is 3.85. The Labute approximate surface area is 172 Å². The number of aromatic nitrogens is 4. The summed E-state index contributed by atoms with van der Waals surface area (Å²) in [7, 11) is 0. The maximum Gasteiger partial charge on any atom is 0.206 e. The van der Waals surface area contributed by atoms with Crippen molar-refractivity contribution in [3.05, 3.63) is 70.4 Å². The van der Waals surface area contributed by atoms with Crippen molar-refractivity contribution in [1.29, 1.82) is 0 Å². The van der Waals surface area contributed by atoms with E-state index in [2.05, 4.69) is 30.6 Å². The highest BCUT2D eigenvalue weighted by Gasteiger charge is 2.11. The van der Waals surface area contributed by atoms with Crippen LogP contribution in [0.25, 0.3) is 10.6 Å². The predicted octanol–water partition coefficient (Wildman–Crippen LogP) is 5.35. The zero-order valence-corrected chi connectivity index (χ0v) is 17.2. The number of H-pyrrole nitrogens is 1. The van der Waals surface area contributed by atoms with Crippen molar-refractivity contribution in [3.8, 4) is 10.6 Å². The number of benzene rings is 1. The molecule has 4 rings (SSSR count). The largest absolute Gasteiger partial charge is 0.379 e. The molecule has 8 heteroatoms. The van der Waals surface area contributed by atoms with Crippen LogP contribution in [0.2, 0.25) is 0 Å². The topological polar surface area (TPSA) is 78.5 Å². The van der Waals surface area contributed by atoms with Crippen molar-refractivity contribution in [1.82, 2.24) is 19.9 Å². The van der Waals surface area contributed by atoms with E-state index in [-0.39, 0.29) is 5.82 Å². The third-order valence-electron chi connectivity index (χ3n) is 4.40. The molecule has 3 aromatic heterocycles. The molecule has 6 nitrogen and oxygen atoms in total. The molecule has 0 radical (unpaired) electrons. The first-order chi connectivity index (χ1) is 14.0. The molecule has 0 aliphatic rings. The van der Waals surface area contributed by atoms with Crippen molar-refractivity contribution in [2.24, 2.45) is 0 Å². The number of aromatic amines is 1. The molecular weight excluding hydrogens is 387 g/mol. The van der Waals surface area contributed by atoms with Crippen molar-refractivity contribution in [3.63, 3.8) is 0 Å². The van der Waals surface area contributed by atoms with Crippen molar-refractivity contribution >= 4 is 28.8 Å². The number of thiazole rings is 1. The van der Waals surface area contributed by atoms with Crippen molar-refractivity contribution < 1.29 is 4.39 Å². The Hall–Kier alpha value is -3.26. The van der Waals surface area contributed by atoms with Gasteiger partial charge in [0.25, 0.3) is 0 Å². The van der Waals surface area contributed by atoms with Gasteiger partial charge in [-0.15, -0.1) is 11.3 Å². The molecule has 0 saturated carbocycles. The van der Waals surface area contributed by atoms with Gasteiger partial charge in [-0.05, 0) is 50.1 Å². The summed E-state index contributed by atoms with van der Waals surface area (Å²) >= 11 is 1.63. The summed E-state index contributed by atoms with van der Waals surface area (Å²) < 4.78 is 13.9. The smallest absolute Gasteiger partial charge is 0.206 e. The lowest BCUT2D eigenvalue weighted by molar-refractivity contribution is 0.629. The molecule has 0 spiro atoms. The van der Waals surface area contributed by atoms with Crippen LogP contribution >= 0.6 is 11.3 Å². The van der Waals surface area contributed by atoms with Crippen LogP contribution < -0.4 is 10.6 Å². The lowest BCUT2D eigenvalue weighted by Gasteiger charge is -2.09. The Bertz CT molecular complexity index is 1130. The number of nitrogens with zero attached hydrogens (tertiary/aromatic N) is 3. The van der Waals surface area contributed by atoms with E-state index in [9.17, 15) is 4.39 Å². The van der Waals surface area contributed by atoms with E-state index in [0.717, 1.165) is 32.4 Å². The molecule has 0 aliphatic carbocycles. The average Bonchev–Trinajstić information content (AvgIpc) is 3.28. The van der Waals surface area contributed by atoms with E-state index in [1.165, 1.54) is 6.07 Å². The van der Waals surface area contributed by atoms with Gasteiger partial charge in [-0.3, -0.25) is 0 Å². The average molecular weight is 409 g/mol. The van der Waals surface area contributed by atoms with E-state index >= 15 is 0 Å². The van der Waals surface area contributed by atoms with Crippen LogP contribution in [-0.2, 0) is 6.54 Å². The Morgan fingerprint density at radius 2 is 1.93 bits per heavy atom. The van der Waals surface area contributed by atoms with Crippen LogP contribution in [-0.4, -0.2) is 19.9 Å². The normalized spacial score (nSPS) is 10.9. The number of nitrogens with one attached hydrogen (secondary N) is 3. The van der Waals surface area contributed by atoms with E-state index in [1.807, 2.05) is 39.0 Å². The van der Waals surface area contributed by atoms with Gasteiger partial charge in [0.15, 0.2) is 0 Å². The van der Waals surface area contributed by atoms with Gasteiger partial charge < -0.3 is 15.6 Å². The van der Waals surface area contributed by atoms with Gasteiger partial charge in [0, 0.05) is 12.7 Å². The zero-order chi connectivity index (χ0) is 20.4. The maximum atomic E-state index is 13.9. The van der Waals surface area contributed by atoms with Crippen molar-refractivity contribution in [2.45, 2.75) is 27.3 Å². The lowest BCUT2D eigenvalue weighted by Crippen LogP contribution is -2.03. The molecule has 3 heterocycles. The van der Waals surface area contributed by atoms with Gasteiger partial charge >= 0.3 is 0 Å². The summed E-state index contributed by atoms with van der Waals surface area (Å²) in [6.45, 7) is 6.33. The minimum absolute atomic E-state index is 0.253. The standard InChI is InChI=1S/C21H21FN6S/c1-12-4-6-17(16(22)8-12)23-9-15-5-7-19(24-10-15)28-21-25-11-18(27-21)20-13(2)26-14(3)29-20/h4-8,10-11,23H,9H2,1-3H3,(H2,24,25,27,28). The third kappa shape index (κ3) is 4.43. The first kappa shape index (κ1) is 19.1. The number of halogens is 1. The van der Waals surface area contributed by atoms with E-state index in [4.69, 9.17) is 0 Å². The molecule has 0 amide bonds. The number of imidazole rings is 1. The molecular formula is C21H21FN6S. The van der Waals surface area contributed by atoms with Crippen LogP contribution in [0.5, 0.6) is 0 Å². The van der Waals surface area contributed by atoms with Gasteiger partial charge in [0.1, 0.15) is 11.6 Å². The quantitative estimate of drug-likeness (QED) is 0.401. The zero-order valence-electron chi connectivity index (χ0n) is 16.4. The van der Waals surface area contributed by atoms with E-state index in [0.29, 0.717) is 24.0 Å². The number of rotatable bonds is 6. The van der Waals surface area contributed by atoms with E-state index in [1.54, 1.807) is 29.8 Å². The molecule has 29 heavy (non-hydrogen) atoms. The molecule has 0 saturated heterocycles. The second-order valence-corrected chi connectivity index (χ2v) is 8.01. The van der Waals surface area contributed by atoms with Crippen LogP contribution in [0.4, 0.5) is 21.8 Å². The highest BCUT2D eigenvalue weighted by Crippen LogP contribution is 2.29. The second-order valence-electron chi connectivity index (χ2n) is 6.81. The first-order valence-corrected chi connectivity index (χ1v) is 10.0. The van der Waals surface area contributed by atoms with Crippen LogP contribution in [0, 0.1) is 26.6 Å². The molecule has 0 bridgehead atoms. The highest BCUT2D eigenvalue weighted by molar-refractivity contribution is 7.15. The Morgan fingerprint density at radius 1 is 1.07 bits per heavy atom. The molecule has 0 unspecified atom stereocenters. The molecule has 148 valence electrons. The number of pyridine rings is 1. The summed E-state index contributed by atoms with van der Waals surface area (Å²) in [5.74, 6) is 1.04. The summed E-state index contributed by atoms with van der Waals surface area (Å²) in [6.07, 6.45) is 3.54. The number of hydrogen-bond donors (Lipinski definition) is 3. The SMILES string of the molecule is Cc1ccc(NCc2ccc(Nc3ncc(-c4sc(C)nc4C)[nH]3)nc2)c(F)c1. The summed E-state index contributed by atoms with van der Waals surface area (Å²) in [5, 5.41) is 7.28. The monoisotopic (exact) mass is 408 g/mol. The molecule has 3 N–H and O–H groups in total. The molecule has 0 aliphatic heterocycles. The van der Waals surface area contributed by atoms with Crippen LogP contribution in [0.15, 0.2) is 42.7 Å². The van der Waals surface area contributed by atoms with Gasteiger partial charge in [0.05, 0.1) is 33.2 Å². The van der Waals surface area contributed by atoms with Gasteiger partial charge in [-0.1, -0.05) is 12.1 Å². The number of hydrogen-bond acceptors (Lipinski definition) is 6. The maximum absolute atomic E-state index is 13.9. The van der Waals surface area contributed by atoms with E-state index < -0.39 is 0 Å². The summed E-state index contributed by atoms with van der Waals surface area (Å²) in [5.41, 5.74) is 4.24. The summed E-state index contributed by atoms with van der Waals surface area (Å²) in [4.78, 5) is 17.6. The summed E-state index contributed by atoms with van der Waals surface area (Å²) in [6, 6.07) is 8.94. The Morgan fingerprint density at radius 3 is 2.62 bits per heavy atom. The molecule has 0 atom stereocenters. The van der Waals surface area contributed by atoms with Crippen molar-refractivity contribution in [2.75, 3.05) is 10.6 Å². The Balaban J connectivity index is 1.39. The highest BCUT2D eigenvalue weighted by atomic mass is 32.1. The third-order valence-corrected chi connectivity index (χ3v) is 5.51. The molecule has 1 aromatic carbocycles. The number of aryl methyl sites for hydroxylation is 3. The first-order valence-electron chi connectivity index (χ1n) is 9.19. The number of anilines is 3. The Kier molecular flexibility index (Phi) is 5.26. The second kappa shape index (κ2) is 8.00. The van der Waals surface area contributed by atoms with Gasteiger partial charge in [-0.2, -0.15) is 0 Å². The minimum atomic E-state index is -0.253. The van der Waals surface area contributed by atoms with Gasteiger partial charge in [0.2, 0.25) is 5.95 Å².